The standard InChI is InChI=1S/C15H23NO3/c1-8(2)19-15-13-7-10(4)9(3)6-12(13)14(18)16(15)11(5)17/h8,12-13,15H,6-7H2,1-5H3/t12-,13+,15-/m1/s1. The van der Waals surface area contributed by atoms with Gasteiger partial charge in [-0.15, -0.1) is 0 Å². The lowest BCUT2D eigenvalue weighted by Gasteiger charge is -2.31. The molecule has 4 heteroatoms. The van der Waals surface area contributed by atoms with Crippen LogP contribution in [0.25, 0.3) is 0 Å². The van der Waals surface area contributed by atoms with Crippen molar-refractivity contribution < 1.29 is 14.3 Å². The number of nitrogens with zero attached hydrogens (tertiary/aromatic N) is 1. The fourth-order valence-corrected chi connectivity index (χ4v) is 3.17. The quantitative estimate of drug-likeness (QED) is 0.721. The molecule has 1 aliphatic heterocycles. The molecule has 2 amide bonds. The minimum Gasteiger partial charge on any atom is -0.355 e. The zero-order valence-electron chi connectivity index (χ0n) is 12.4. The predicted molar refractivity (Wildman–Crippen MR) is 72.1 cm³/mol. The van der Waals surface area contributed by atoms with E-state index in [1.54, 1.807) is 0 Å². The van der Waals surface area contributed by atoms with E-state index < -0.39 is 6.23 Å². The molecule has 2 rings (SSSR count). The normalized spacial score (nSPS) is 31.2. The van der Waals surface area contributed by atoms with Crippen molar-refractivity contribution in [1.29, 1.82) is 0 Å². The molecular formula is C15H23NO3. The monoisotopic (exact) mass is 265 g/mol. The molecule has 0 bridgehead atoms. The summed E-state index contributed by atoms with van der Waals surface area (Å²) in [4.78, 5) is 25.5. The van der Waals surface area contributed by atoms with Crippen molar-refractivity contribution >= 4 is 11.8 Å². The van der Waals surface area contributed by atoms with Crippen molar-refractivity contribution in [1.82, 2.24) is 4.90 Å². The Hall–Kier alpha value is -1.16. The number of hydrogen-bond donors (Lipinski definition) is 0. The first kappa shape index (κ1) is 14.3. The Morgan fingerprint density at radius 1 is 1.26 bits per heavy atom. The number of hydrogen-bond acceptors (Lipinski definition) is 3. The molecule has 0 unspecified atom stereocenters. The highest BCUT2D eigenvalue weighted by Crippen LogP contribution is 2.44. The topological polar surface area (TPSA) is 46.6 Å². The minimum absolute atomic E-state index is 0.00529. The van der Waals surface area contributed by atoms with Crippen LogP contribution in [0.15, 0.2) is 11.1 Å². The number of amides is 2. The summed E-state index contributed by atoms with van der Waals surface area (Å²) in [5.74, 6) is -0.241. The Bertz CT molecular complexity index is 439. The number of carbonyl (C=O) groups excluding carboxylic acids is 2. The molecular weight excluding hydrogens is 242 g/mol. The molecule has 0 radical (unpaired) electrons. The molecule has 4 nitrogen and oxygen atoms in total. The van der Waals surface area contributed by atoms with Crippen LogP contribution in [0.5, 0.6) is 0 Å². The van der Waals surface area contributed by atoms with E-state index in [-0.39, 0.29) is 29.8 Å². The highest BCUT2D eigenvalue weighted by molar-refractivity contribution is 5.97. The lowest BCUT2D eigenvalue weighted by Crippen LogP contribution is -2.42. The summed E-state index contributed by atoms with van der Waals surface area (Å²) in [6, 6.07) is 0. The summed E-state index contributed by atoms with van der Waals surface area (Å²) in [7, 11) is 0. The van der Waals surface area contributed by atoms with Gasteiger partial charge in [0.2, 0.25) is 11.8 Å². The molecule has 1 heterocycles. The zero-order valence-corrected chi connectivity index (χ0v) is 12.4. The molecule has 3 atom stereocenters. The third kappa shape index (κ3) is 2.46. The smallest absolute Gasteiger partial charge is 0.235 e. The van der Waals surface area contributed by atoms with Gasteiger partial charge >= 0.3 is 0 Å². The molecule has 0 aromatic rings. The first-order valence-corrected chi connectivity index (χ1v) is 6.97. The van der Waals surface area contributed by atoms with Crippen LogP contribution in [0.1, 0.15) is 47.5 Å². The molecule has 0 aromatic carbocycles. The van der Waals surface area contributed by atoms with Crippen LogP contribution in [0.3, 0.4) is 0 Å². The minimum atomic E-state index is -0.391. The van der Waals surface area contributed by atoms with Gasteiger partial charge in [-0.3, -0.25) is 14.5 Å². The summed E-state index contributed by atoms with van der Waals surface area (Å²) in [5, 5.41) is 0. The maximum Gasteiger partial charge on any atom is 0.235 e. The molecule has 0 aromatic heterocycles. The van der Waals surface area contributed by atoms with Gasteiger partial charge in [-0.25, -0.2) is 0 Å². The van der Waals surface area contributed by atoms with Gasteiger partial charge in [0.25, 0.3) is 0 Å². The Morgan fingerprint density at radius 3 is 2.37 bits per heavy atom. The van der Waals surface area contributed by atoms with Crippen LogP contribution < -0.4 is 0 Å². The van der Waals surface area contributed by atoms with Crippen LogP contribution in [-0.4, -0.2) is 29.0 Å². The van der Waals surface area contributed by atoms with E-state index >= 15 is 0 Å². The van der Waals surface area contributed by atoms with Gasteiger partial charge in [0.05, 0.1) is 6.10 Å². The number of ether oxygens (including phenoxy) is 1. The third-order valence-corrected chi connectivity index (χ3v) is 4.24. The van der Waals surface area contributed by atoms with E-state index in [0.29, 0.717) is 0 Å². The van der Waals surface area contributed by atoms with Crippen molar-refractivity contribution in [2.75, 3.05) is 0 Å². The SMILES string of the molecule is CC(=O)N1C(=O)[C@@H]2CC(C)=C(C)C[C@@H]2[C@H]1OC(C)C. The van der Waals surface area contributed by atoms with E-state index in [2.05, 4.69) is 13.8 Å². The highest BCUT2D eigenvalue weighted by atomic mass is 16.5. The number of imide groups is 1. The van der Waals surface area contributed by atoms with Gasteiger partial charge in [0.15, 0.2) is 0 Å². The molecule has 1 fully saturated rings. The molecule has 2 aliphatic rings. The van der Waals surface area contributed by atoms with E-state index in [1.165, 1.54) is 23.0 Å². The van der Waals surface area contributed by atoms with E-state index in [4.69, 9.17) is 4.74 Å². The third-order valence-electron chi connectivity index (χ3n) is 4.24. The van der Waals surface area contributed by atoms with Crippen LogP contribution in [-0.2, 0) is 14.3 Å². The fraction of sp³-hybridized carbons (Fsp3) is 0.733. The number of likely N-dealkylation sites (tertiary alicyclic amines) is 1. The van der Waals surface area contributed by atoms with Crippen LogP contribution in [0.4, 0.5) is 0 Å². The lowest BCUT2D eigenvalue weighted by molar-refractivity contribution is -0.157. The van der Waals surface area contributed by atoms with Crippen molar-refractivity contribution in [3.05, 3.63) is 11.1 Å². The first-order valence-electron chi connectivity index (χ1n) is 6.97. The van der Waals surface area contributed by atoms with E-state index in [0.717, 1.165) is 12.8 Å². The fourth-order valence-electron chi connectivity index (χ4n) is 3.17. The van der Waals surface area contributed by atoms with Gasteiger partial charge in [0, 0.05) is 18.8 Å². The lowest BCUT2D eigenvalue weighted by atomic mass is 9.78. The Kier molecular flexibility index (Phi) is 3.81. The van der Waals surface area contributed by atoms with Gasteiger partial charge in [0.1, 0.15) is 6.23 Å². The summed E-state index contributed by atoms with van der Waals surface area (Å²) < 4.78 is 5.87. The van der Waals surface area contributed by atoms with Gasteiger partial charge in [-0.2, -0.15) is 0 Å². The molecule has 0 saturated carbocycles. The first-order chi connectivity index (χ1) is 8.82. The molecule has 1 saturated heterocycles. The Balaban J connectivity index is 2.33. The Morgan fingerprint density at radius 2 is 1.84 bits per heavy atom. The molecule has 106 valence electrons. The van der Waals surface area contributed by atoms with Crippen molar-refractivity contribution in [3.8, 4) is 0 Å². The summed E-state index contributed by atoms with van der Waals surface area (Å²) in [6.07, 6.45) is 1.23. The average Bonchev–Trinajstić information content (AvgIpc) is 2.53. The van der Waals surface area contributed by atoms with Gasteiger partial charge in [-0.1, -0.05) is 11.1 Å². The molecule has 1 aliphatic carbocycles. The summed E-state index contributed by atoms with van der Waals surface area (Å²) >= 11 is 0. The van der Waals surface area contributed by atoms with Crippen molar-refractivity contribution in [2.24, 2.45) is 11.8 Å². The van der Waals surface area contributed by atoms with Crippen molar-refractivity contribution in [2.45, 2.75) is 59.8 Å². The van der Waals surface area contributed by atoms with Gasteiger partial charge in [-0.05, 0) is 40.5 Å². The summed E-state index contributed by atoms with van der Waals surface area (Å²) in [5.41, 5.74) is 2.61. The Labute approximate surface area is 114 Å². The summed E-state index contributed by atoms with van der Waals surface area (Å²) in [6.45, 7) is 9.51. The molecule has 0 spiro atoms. The highest BCUT2D eigenvalue weighted by Gasteiger charge is 2.51. The molecule has 0 N–H and O–H groups in total. The number of fused-ring (bicyclic) bond motifs is 1. The van der Waals surface area contributed by atoms with Crippen LogP contribution in [0.2, 0.25) is 0 Å². The van der Waals surface area contributed by atoms with Crippen LogP contribution in [0, 0.1) is 11.8 Å². The second-order valence-corrected chi connectivity index (χ2v) is 6.04. The number of allylic oxidation sites excluding steroid dienone is 2. The largest absolute Gasteiger partial charge is 0.355 e. The van der Waals surface area contributed by atoms with Crippen molar-refractivity contribution in [3.63, 3.8) is 0 Å². The van der Waals surface area contributed by atoms with Gasteiger partial charge < -0.3 is 4.74 Å². The van der Waals surface area contributed by atoms with Crippen LogP contribution >= 0.6 is 0 Å². The second-order valence-electron chi connectivity index (χ2n) is 6.04. The second kappa shape index (κ2) is 5.08. The maximum absolute atomic E-state index is 12.4. The maximum atomic E-state index is 12.4. The number of carbonyl (C=O) groups is 2. The predicted octanol–water partition coefficient (Wildman–Crippen LogP) is 2.49. The van der Waals surface area contributed by atoms with E-state index in [1.807, 2.05) is 13.8 Å². The number of rotatable bonds is 2. The van der Waals surface area contributed by atoms with E-state index in [9.17, 15) is 9.59 Å². The molecule has 19 heavy (non-hydrogen) atoms. The zero-order chi connectivity index (χ0) is 14.3. The average molecular weight is 265 g/mol.